The van der Waals surface area contributed by atoms with E-state index in [2.05, 4.69) is 0 Å². The first-order chi connectivity index (χ1) is 21.2. The van der Waals surface area contributed by atoms with Crippen molar-refractivity contribution in [1.82, 2.24) is 0 Å². The molecule has 3 aromatic carbocycles. The summed E-state index contributed by atoms with van der Waals surface area (Å²) in [6.45, 7) is 13.7. The molecule has 248 valence electrons. The first-order valence-corrected chi connectivity index (χ1v) is 15.1. The summed E-state index contributed by atoms with van der Waals surface area (Å²) in [6, 6.07) is 0. The summed E-state index contributed by atoms with van der Waals surface area (Å²) >= 11 is 0. The minimum atomic E-state index is -4.88. The van der Waals surface area contributed by atoms with Crippen LogP contribution >= 0.6 is 0 Å². The van der Waals surface area contributed by atoms with E-state index in [0.717, 1.165) is 0 Å². The van der Waals surface area contributed by atoms with Crippen molar-refractivity contribution in [2.75, 3.05) is 14.2 Å². The van der Waals surface area contributed by atoms with Crippen LogP contribution in [0.15, 0.2) is 0 Å². The molecular weight excluding hydrogens is 624 g/mol. The van der Waals surface area contributed by atoms with E-state index < -0.39 is 34.1 Å². The maximum atomic E-state index is 13.6. The van der Waals surface area contributed by atoms with Gasteiger partial charge in [-0.2, -0.15) is 8.42 Å². The van der Waals surface area contributed by atoms with E-state index in [1.807, 2.05) is 0 Å². The van der Waals surface area contributed by atoms with Crippen LogP contribution in [0.5, 0.6) is 34.5 Å². The Labute approximate surface area is 266 Å². The zero-order chi connectivity index (χ0) is 35.2. The number of hydrogen-bond donors (Lipinski definition) is 3. The molecular formula is C32H36O13S. The smallest absolute Gasteiger partial charge is 0.446 e. The van der Waals surface area contributed by atoms with Crippen LogP contribution in [0.4, 0.5) is 0 Å². The van der Waals surface area contributed by atoms with E-state index in [-0.39, 0.29) is 78.8 Å². The number of esters is 2. The molecule has 0 fully saturated rings. The summed E-state index contributed by atoms with van der Waals surface area (Å²) in [7, 11) is -2.32. The number of methoxy groups -OCH3 is 2. The number of benzene rings is 3. The van der Waals surface area contributed by atoms with Gasteiger partial charge in [0.05, 0.1) is 14.2 Å². The SMILES string of the molecule is COc1c(C)c(OC(=O)c2c(C)c(C)c(OC(=O)c3c(C)c(C)c(OS(=O)(=O)O)c(C)c3OC)c(C)c2O)c(C)c(C)c1C(=O)O. The molecule has 0 radical (unpaired) electrons. The third-order valence-corrected chi connectivity index (χ3v) is 8.57. The number of aromatic hydroxyl groups is 1. The summed E-state index contributed by atoms with van der Waals surface area (Å²) in [5.74, 6) is -3.77. The van der Waals surface area contributed by atoms with Gasteiger partial charge in [0, 0.05) is 16.7 Å². The molecule has 0 unspecified atom stereocenters. The third kappa shape index (κ3) is 6.17. The molecule has 0 aliphatic heterocycles. The monoisotopic (exact) mass is 660 g/mol. The van der Waals surface area contributed by atoms with E-state index in [4.69, 9.17) is 23.1 Å². The standard InChI is InChI=1S/C32H36O13S/c1-12-15(4)25(43-32(37)23-14(3)17(6)27(45-46(38,39)40)20(9)29(23)42-11)18(7)24(33)21(12)31(36)44-26-16(5)13(2)22(30(34)35)28(41-10)19(26)8/h33H,1-11H3,(H,34,35)(H,38,39,40). The van der Waals surface area contributed by atoms with E-state index in [0.29, 0.717) is 16.7 Å². The van der Waals surface area contributed by atoms with Gasteiger partial charge in [-0.1, -0.05) is 0 Å². The largest absolute Gasteiger partial charge is 0.507 e. The second-order valence-corrected chi connectivity index (χ2v) is 11.8. The molecule has 46 heavy (non-hydrogen) atoms. The molecule has 0 saturated carbocycles. The van der Waals surface area contributed by atoms with Crippen LogP contribution in [0.2, 0.25) is 0 Å². The normalized spacial score (nSPS) is 11.2. The molecule has 0 saturated heterocycles. The molecule has 3 rings (SSSR count). The fourth-order valence-corrected chi connectivity index (χ4v) is 5.86. The van der Waals surface area contributed by atoms with Gasteiger partial charge in [0.25, 0.3) is 0 Å². The molecule has 3 aromatic rings. The highest BCUT2D eigenvalue weighted by Crippen LogP contribution is 2.43. The zero-order valence-corrected chi connectivity index (χ0v) is 28.1. The Bertz CT molecular complexity index is 1890. The van der Waals surface area contributed by atoms with E-state index in [1.54, 1.807) is 27.7 Å². The quantitative estimate of drug-likeness (QED) is 0.148. The fourth-order valence-electron chi connectivity index (χ4n) is 5.40. The Morgan fingerprint density at radius 2 is 0.891 bits per heavy atom. The number of carboxylic acid groups (broad SMARTS) is 1. The lowest BCUT2D eigenvalue weighted by Crippen LogP contribution is -2.19. The highest BCUT2D eigenvalue weighted by Gasteiger charge is 2.31. The topological polar surface area (TPSA) is 192 Å². The van der Waals surface area contributed by atoms with Gasteiger partial charge >= 0.3 is 28.3 Å². The number of hydrogen-bond acceptors (Lipinski definition) is 11. The van der Waals surface area contributed by atoms with Gasteiger partial charge in [-0.05, 0) is 95.7 Å². The lowest BCUT2D eigenvalue weighted by Gasteiger charge is -2.22. The molecule has 0 aliphatic carbocycles. The van der Waals surface area contributed by atoms with E-state index in [1.165, 1.54) is 48.8 Å². The number of rotatable bonds is 9. The van der Waals surface area contributed by atoms with Crippen LogP contribution in [0.3, 0.4) is 0 Å². The molecule has 0 heterocycles. The minimum absolute atomic E-state index is 0.0303. The number of phenols is 1. The Morgan fingerprint density at radius 3 is 1.35 bits per heavy atom. The van der Waals surface area contributed by atoms with Gasteiger partial charge in [-0.3, -0.25) is 4.55 Å². The zero-order valence-electron chi connectivity index (χ0n) is 27.3. The number of ether oxygens (including phenoxy) is 4. The van der Waals surface area contributed by atoms with Crippen LogP contribution in [0, 0.1) is 62.3 Å². The number of phenolic OH excluding ortho intramolecular Hbond substituents is 1. The molecule has 0 aliphatic rings. The van der Waals surface area contributed by atoms with Crippen LogP contribution in [-0.2, 0) is 10.4 Å². The van der Waals surface area contributed by atoms with Crippen molar-refractivity contribution in [3.8, 4) is 34.5 Å². The van der Waals surface area contributed by atoms with E-state index >= 15 is 0 Å². The summed E-state index contributed by atoms with van der Waals surface area (Å²) in [5, 5.41) is 20.9. The Kier molecular flexibility index (Phi) is 9.99. The molecule has 0 bridgehead atoms. The number of carboxylic acids is 1. The molecule has 0 aromatic heterocycles. The average Bonchev–Trinajstić information content (AvgIpc) is 2.97. The maximum absolute atomic E-state index is 13.6. The van der Waals surface area contributed by atoms with Gasteiger partial charge in [-0.25, -0.2) is 14.4 Å². The van der Waals surface area contributed by atoms with Crippen molar-refractivity contribution in [3.05, 3.63) is 66.8 Å². The summed E-state index contributed by atoms with van der Waals surface area (Å²) in [5.41, 5.74) is 1.88. The van der Waals surface area contributed by atoms with Gasteiger partial charge in [0.2, 0.25) is 0 Å². The summed E-state index contributed by atoms with van der Waals surface area (Å²) in [6.07, 6.45) is 0. The van der Waals surface area contributed by atoms with Crippen LogP contribution in [-0.4, -0.2) is 55.3 Å². The van der Waals surface area contributed by atoms with Gasteiger partial charge in [0.1, 0.15) is 45.4 Å². The third-order valence-electron chi connectivity index (χ3n) is 8.19. The van der Waals surface area contributed by atoms with Crippen LogP contribution in [0.25, 0.3) is 0 Å². The molecule has 0 atom stereocenters. The molecule has 14 heteroatoms. The fraction of sp³-hybridized carbons (Fsp3) is 0.344. The Morgan fingerprint density at radius 1 is 0.522 bits per heavy atom. The summed E-state index contributed by atoms with van der Waals surface area (Å²) < 4.78 is 59.0. The van der Waals surface area contributed by atoms with Crippen molar-refractivity contribution < 1.29 is 60.7 Å². The van der Waals surface area contributed by atoms with Crippen molar-refractivity contribution in [2.24, 2.45) is 0 Å². The minimum Gasteiger partial charge on any atom is -0.507 e. The lowest BCUT2D eigenvalue weighted by atomic mass is 9.95. The van der Waals surface area contributed by atoms with Gasteiger partial charge < -0.3 is 33.3 Å². The molecule has 0 amide bonds. The number of carbonyl (C=O) groups is 3. The van der Waals surface area contributed by atoms with Gasteiger partial charge in [-0.15, -0.1) is 0 Å². The first kappa shape index (κ1) is 35.7. The Balaban J connectivity index is 2.11. The highest BCUT2D eigenvalue weighted by atomic mass is 32.3. The van der Waals surface area contributed by atoms with Crippen molar-refractivity contribution in [3.63, 3.8) is 0 Å². The first-order valence-electron chi connectivity index (χ1n) is 13.7. The predicted molar refractivity (Wildman–Crippen MR) is 166 cm³/mol. The van der Waals surface area contributed by atoms with Crippen LogP contribution < -0.4 is 23.1 Å². The van der Waals surface area contributed by atoms with Gasteiger partial charge in [0.15, 0.2) is 5.75 Å². The average molecular weight is 661 g/mol. The second kappa shape index (κ2) is 12.9. The number of aromatic carboxylic acids is 1. The molecule has 3 N–H and O–H groups in total. The second-order valence-electron chi connectivity index (χ2n) is 10.7. The number of carbonyl (C=O) groups excluding carboxylic acids is 2. The van der Waals surface area contributed by atoms with Crippen molar-refractivity contribution >= 4 is 28.3 Å². The van der Waals surface area contributed by atoms with Crippen molar-refractivity contribution in [1.29, 1.82) is 0 Å². The van der Waals surface area contributed by atoms with Crippen molar-refractivity contribution in [2.45, 2.75) is 62.3 Å². The highest BCUT2D eigenvalue weighted by molar-refractivity contribution is 7.81. The predicted octanol–water partition coefficient (Wildman–Crippen LogP) is 5.50. The van der Waals surface area contributed by atoms with E-state index in [9.17, 15) is 37.6 Å². The molecule has 13 nitrogen and oxygen atoms in total. The lowest BCUT2D eigenvalue weighted by molar-refractivity contribution is 0.0689. The van der Waals surface area contributed by atoms with Crippen LogP contribution in [0.1, 0.15) is 81.1 Å². The Hall–Kier alpha value is -4.82. The summed E-state index contributed by atoms with van der Waals surface area (Å²) in [4.78, 5) is 39.0. The maximum Gasteiger partial charge on any atom is 0.446 e. The molecule has 0 spiro atoms.